The van der Waals surface area contributed by atoms with Gasteiger partial charge in [0.25, 0.3) is 0 Å². The Morgan fingerprint density at radius 1 is 1.32 bits per heavy atom. The second-order valence-electron chi connectivity index (χ2n) is 5.22. The average Bonchev–Trinajstić information content (AvgIpc) is 3.09. The van der Waals surface area contributed by atoms with Crippen molar-refractivity contribution in [1.29, 1.82) is 0 Å². The Morgan fingerprint density at radius 2 is 2.16 bits per heavy atom. The molecule has 1 fully saturated rings. The van der Waals surface area contributed by atoms with Crippen molar-refractivity contribution < 1.29 is 0 Å². The van der Waals surface area contributed by atoms with Crippen molar-refractivity contribution in [3.05, 3.63) is 52.0 Å². The quantitative estimate of drug-likeness (QED) is 0.843. The Hall–Kier alpha value is -1.19. The molecule has 3 heteroatoms. The van der Waals surface area contributed by atoms with Gasteiger partial charge in [0.15, 0.2) is 0 Å². The molecule has 0 unspecified atom stereocenters. The molecule has 0 spiro atoms. The van der Waals surface area contributed by atoms with E-state index in [0.29, 0.717) is 5.92 Å². The summed E-state index contributed by atoms with van der Waals surface area (Å²) in [7, 11) is 0. The minimum absolute atomic E-state index is 0.700. The average molecular weight is 272 g/mol. The first kappa shape index (κ1) is 12.8. The first-order chi connectivity index (χ1) is 9.35. The Morgan fingerprint density at radius 3 is 2.89 bits per heavy atom. The molecule has 2 aromatic rings. The molecule has 0 radical (unpaired) electrons. The zero-order valence-corrected chi connectivity index (χ0v) is 12.2. The zero-order valence-electron chi connectivity index (χ0n) is 11.4. The molecule has 0 bridgehead atoms. The Bertz CT molecular complexity index is 521. The molecule has 2 nitrogen and oxygen atoms in total. The van der Waals surface area contributed by atoms with Gasteiger partial charge < -0.3 is 0 Å². The molecular formula is C16H20N2S. The summed E-state index contributed by atoms with van der Waals surface area (Å²) in [5, 5.41) is 3.48. The van der Waals surface area contributed by atoms with Crippen LogP contribution in [0.2, 0.25) is 0 Å². The first-order valence-electron chi connectivity index (χ1n) is 7.05. The lowest BCUT2D eigenvalue weighted by molar-refractivity contribution is 0.323. The summed E-state index contributed by atoms with van der Waals surface area (Å²) in [4.78, 5) is 7.20. The number of likely N-dealkylation sites (tertiary alicyclic amines) is 1. The molecule has 1 aliphatic rings. The van der Waals surface area contributed by atoms with Gasteiger partial charge in [-0.2, -0.15) is 0 Å². The van der Waals surface area contributed by atoms with E-state index in [1.54, 1.807) is 11.3 Å². The third-order valence-corrected chi connectivity index (χ3v) is 4.87. The Labute approximate surface area is 119 Å². The molecule has 0 saturated carbocycles. The molecule has 1 aliphatic heterocycles. The molecule has 0 N–H and O–H groups in total. The van der Waals surface area contributed by atoms with Gasteiger partial charge in [0, 0.05) is 18.5 Å². The van der Waals surface area contributed by atoms with Gasteiger partial charge in [0.1, 0.15) is 0 Å². The van der Waals surface area contributed by atoms with Crippen LogP contribution >= 0.6 is 11.3 Å². The molecule has 100 valence electrons. The van der Waals surface area contributed by atoms with E-state index < -0.39 is 0 Å². The maximum absolute atomic E-state index is 4.67. The maximum Gasteiger partial charge on any atom is 0.0926 e. The van der Waals surface area contributed by atoms with E-state index >= 15 is 0 Å². The molecule has 1 saturated heterocycles. The van der Waals surface area contributed by atoms with Crippen molar-refractivity contribution in [3.8, 4) is 0 Å². The second kappa shape index (κ2) is 5.85. The number of rotatable bonds is 4. The van der Waals surface area contributed by atoms with Crippen LogP contribution < -0.4 is 0 Å². The van der Waals surface area contributed by atoms with E-state index in [2.05, 4.69) is 52.5 Å². The van der Waals surface area contributed by atoms with Crippen molar-refractivity contribution >= 4 is 11.3 Å². The van der Waals surface area contributed by atoms with Crippen LogP contribution in [0.1, 0.15) is 35.5 Å². The van der Waals surface area contributed by atoms with Crippen molar-refractivity contribution in [1.82, 2.24) is 9.88 Å². The highest BCUT2D eigenvalue weighted by Gasteiger charge is 2.24. The predicted octanol–water partition coefficient (Wildman–Crippen LogP) is 3.70. The van der Waals surface area contributed by atoms with Crippen LogP contribution in [0.3, 0.4) is 0 Å². The molecule has 1 aromatic carbocycles. The topological polar surface area (TPSA) is 16.1 Å². The van der Waals surface area contributed by atoms with Gasteiger partial charge >= 0.3 is 0 Å². The largest absolute Gasteiger partial charge is 0.297 e. The van der Waals surface area contributed by atoms with Crippen LogP contribution in [0.25, 0.3) is 0 Å². The highest BCUT2D eigenvalue weighted by atomic mass is 32.1. The van der Waals surface area contributed by atoms with Crippen molar-refractivity contribution in [2.75, 3.05) is 13.1 Å². The van der Waals surface area contributed by atoms with E-state index in [1.807, 2.05) is 0 Å². The Balaban J connectivity index is 1.60. The van der Waals surface area contributed by atoms with Gasteiger partial charge in [-0.15, -0.1) is 11.3 Å². The van der Waals surface area contributed by atoms with Crippen LogP contribution in [0.15, 0.2) is 35.7 Å². The smallest absolute Gasteiger partial charge is 0.0926 e. The highest BCUT2D eigenvalue weighted by Crippen LogP contribution is 2.28. The summed E-state index contributed by atoms with van der Waals surface area (Å²) in [6.45, 7) is 5.55. The molecule has 19 heavy (non-hydrogen) atoms. The summed E-state index contributed by atoms with van der Waals surface area (Å²) < 4.78 is 0. The van der Waals surface area contributed by atoms with Gasteiger partial charge in [0.2, 0.25) is 0 Å². The summed E-state index contributed by atoms with van der Waals surface area (Å²) in [5.41, 5.74) is 2.73. The van der Waals surface area contributed by atoms with E-state index in [-0.39, 0.29) is 0 Å². The normalized spacial score (nSPS) is 19.9. The number of aromatic nitrogens is 1. The fraction of sp³-hybridized carbons (Fsp3) is 0.438. The van der Waals surface area contributed by atoms with E-state index in [4.69, 9.17) is 0 Å². The van der Waals surface area contributed by atoms with Crippen LogP contribution in [-0.2, 0) is 13.0 Å². The minimum Gasteiger partial charge on any atom is -0.297 e. The fourth-order valence-electron chi connectivity index (χ4n) is 2.79. The monoisotopic (exact) mass is 272 g/mol. The van der Waals surface area contributed by atoms with Crippen LogP contribution in [0.4, 0.5) is 0 Å². The molecule has 2 heterocycles. The van der Waals surface area contributed by atoms with E-state index in [9.17, 15) is 0 Å². The molecule has 0 aliphatic carbocycles. The minimum atomic E-state index is 0.700. The number of hydrogen-bond acceptors (Lipinski definition) is 3. The Kier molecular flexibility index (Phi) is 3.95. The maximum atomic E-state index is 4.67. The number of thiazole rings is 1. The number of hydrogen-bond donors (Lipinski definition) is 0. The summed E-state index contributed by atoms with van der Waals surface area (Å²) in [5.74, 6) is 0.700. The first-order valence-corrected chi connectivity index (χ1v) is 7.93. The molecule has 1 aromatic heterocycles. The molecule has 1 atom stereocenters. The zero-order chi connectivity index (χ0) is 13.1. The third-order valence-electron chi connectivity index (χ3n) is 3.83. The van der Waals surface area contributed by atoms with Crippen LogP contribution in [-0.4, -0.2) is 23.0 Å². The number of nitrogens with zero attached hydrogens (tertiary/aromatic N) is 2. The highest BCUT2D eigenvalue weighted by molar-refractivity contribution is 7.09. The van der Waals surface area contributed by atoms with Gasteiger partial charge in [-0.3, -0.25) is 4.90 Å². The summed E-state index contributed by atoms with van der Waals surface area (Å²) in [6.07, 6.45) is 2.33. The van der Waals surface area contributed by atoms with Crippen LogP contribution in [0.5, 0.6) is 0 Å². The van der Waals surface area contributed by atoms with Crippen LogP contribution in [0, 0.1) is 0 Å². The molecular weight excluding hydrogens is 252 g/mol. The standard InChI is InChI=1S/C16H20N2S/c1-2-16-17-15(12-19-16)11-18-9-8-14(10-18)13-6-4-3-5-7-13/h3-7,12,14H,2,8-11H2,1H3/t14-/m0/s1. The van der Waals surface area contributed by atoms with E-state index in [0.717, 1.165) is 13.0 Å². The lowest BCUT2D eigenvalue weighted by Gasteiger charge is -2.14. The SMILES string of the molecule is CCc1nc(CN2CC[C@H](c3ccccc3)C2)cs1. The summed E-state index contributed by atoms with van der Waals surface area (Å²) >= 11 is 1.79. The number of benzene rings is 1. The van der Waals surface area contributed by atoms with Crippen molar-refractivity contribution in [3.63, 3.8) is 0 Å². The predicted molar refractivity (Wildman–Crippen MR) is 80.6 cm³/mol. The van der Waals surface area contributed by atoms with Gasteiger partial charge in [0.05, 0.1) is 10.7 Å². The molecule has 3 rings (SSSR count). The fourth-order valence-corrected chi connectivity index (χ4v) is 3.52. The van der Waals surface area contributed by atoms with Gasteiger partial charge in [-0.25, -0.2) is 4.98 Å². The van der Waals surface area contributed by atoms with Crippen molar-refractivity contribution in [2.24, 2.45) is 0 Å². The van der Waals surface area contributed by atoms with Crippen molar-refractivity contribution in [2.45, 2.75) is 32.2 Å². The summed E-state index contributed by atoms with van der Waals surface area (Å²) in [6, 6.07) is 10.9. The lowest BCUT2D eigenvalue weighted by atomic mass is 9.99. The van der Waals surface area contributed by atoms with Gasteiger partial charge in [-0.05, 0) is 30.9 Å². The third kappa shape index (κ3) is 3.04. The number of aryl methyl sites for hydroxylation is 1. The molecule has 0 amide bonds. The second-order valence-corrected chi connectivity index (χ2v) is 6.16. The van der Waals surface area contributed by atoms with E-state index in [1.165, 1.54) is 35.8 Å². The van der Waals surface area contributed by atoms with Gasteiger partial charge in [-0.1, -0.05) is 37.3 Å². The lowest BCUT2D eigenvalue weighted by Crippen LogP contribution is -2.20.